The molecule has 2 aromatic carbocycles. The molecule has 3 aromatic rings. The van der Waals surface area contributed by atoms with E-state index in [9.17, 15) is 9.59 Å². The van der Waals surface area contributed by atoms with Crippen LogP contribution in [0.25, 0.3) is 10.9 Å². The molecule has 3 rings (SSSR count). The van der Waals surface area contributed by atoms with Gasteiger partial charge in [0.1, 0.15) is 17.0 Å². The van der Waals surface area contributed by atoms with Gasteiger partial charge in [-0.3, -0.25) is 4.79 Å². The van der Waals surface area contributed by atoms with Gasteiger partial charge in [0.25, 0.3) is 5.91 Å². The van der Waals surface area contributed by atoms with Crippen molar-refractivity contribution >= 4 is 28.6 Å². The number of fused-ring (bicyclic) bond motifs is 1. The number of aromatic nitrogens is 1. The molecule has 1 aromatic heterocycles. The van der Waals surface area contributed by atoms with Crippen molar-refractivity contribution < 1.29 is 19.1 Å². The second kappa shape index (κ2) is 9.77. The number of carbonyl (C=O) groups is 2. The Hall–Kier alpha value is -3.48. The predicted molar refractivity (Wildman–Crippen MR) is 126 cm³/mol. The summed E-state index contributed by atoms with van der Waals surface area (Å²) in [5.74, 6) is 0.493. The number of hydrogen-bond donors (Lipinski definition) is 2. The maximum atomic E-state index is 12.9. The Labute approximate surface area is 188 Å². The van der Waals surface area contributed by atoms with Gasteiger partial charge in [-0.2, -0.15) is 0 Å². The molecule has 0 unspecified atom stereocenters. The first-order chi connectivity index (χ1) is 15.2. The third-order valence-corrected chi connectivity index (χ3v) is 4.81. The van der Waals surface area contributed by atoms with Crippen LogP contribution in [0.2, 0.25) is 0 Å². The SMILES string of the molecule is CCOc1ccc2cc(C(=O)Nc3ccccc3CN(CC)C(=O)OC(C)(C)C)[nH]c2c1. The summed E-state index contributed by atoms with van der Waals surface area (Å²) in [6.45, 7) is 10.7. The van der Waals surface area contributed by atoms with Gasteiger partial charge in [0.2, 0.25) is 0 Å². The van der Waals surface area contributed by atoms with Crippen molar-refractivity contribution in [2.24, 2.45) is 0 Å². The minimum atomic E-state index is -0.574. The van der Waals surface area contributed by atoms with E-state index < -0.39 is 5.60 Å². The number of H-pyrrole nitrogens is 1. The second-order valence-corrected chi connectivity index (χ2v) is 8.47. The molecule has 0 saturated carbocycles. The zero-order valence-electron chi connectivity index (χ0n) is 19.3. The lowest BCUT2D eigenvalue weighted by Crippen LogP contribution is -2.36. The van der Waals surface area contributed by atoms with E-state index in [2.05, 4.69) is 10.3 Å². The van der Waals surface area contributed by atoms with E-state index in [1.807, 2.05) is 83.1 Å². The molecule has 2 amide bonds. The van der Waals surface area contributed by atoms with Gasteiger partial charge in [-0.25, -0.2) is 4.79 Å². The first-order valence-electron chi connectivity index (χ1n) is 10.8. The molecule has 0 aliphatic heterocycles. The molecule has 0 aliphatic rings. The van der Waals surface area contributed by atoms with Crippen molar-refractivity contribution in [1.29, 1.82) is 0 Å². The van der Waals surface area contributed by atoms with Crippen LogP contribution < -0.4 is 10.1 Å². The van der Waals surface area contributed by atoms with Crippen LogP contribution in [0.3, 0.4) is 0 Å². The molecule has 1 heterocycles. The van der Waals surface area contributed by atoms with Crippen molar-refractivity contribution in [2.75, 3.05) is 18.5 Å². The first-order valence-corrected chi connectivity index (χ1v) is 10.8. The van der Waals surface area contributed by atoms with E-state index in [0.717, 1.165) is 22.2 Å². The second-order valence-electron chi connectivity index (χ2n) is 8.47. The summed E-state index contributed by atoms with van der Waals surface area (Å²) in [5.41, 5.74) is 2.17. The molecular formula is C25H31N3O4. The van der Waals surface area contributed by atoms with E-state index in [-0.39, 0.29) is 12.0 Å². The lowest BCUT2D eigenvalue weighted by molar-refractivity contribution is 0.0245. The molecule has 7 heteroatoms. The van der Waals surface area contributed by atoms with Crippen LogP contribution in [0.15, 0.2) is 48.5 Å². The van der Waals surface area contributed by atoms with Crippen molar-refractivity contribution in [1.82, 2.24) is 9.88 Å². The van der Waals surface area contributed by atoms with E-state index in [0.29, 0.717) is 31.1 Å². The van der Waals surface area contributed by atoms with Crippen LogP contribution in [0.4, 0.5) is 10.5 Å². The third kappa shape index (κ3) is 5.81. The monoisotopic (exact) mass is 437 g/mol. The zero-order chi connectivity index (χ0) is 23.3. The van der Waals surface area contributed by atoms with Crippen molar-refractivity contribution in [3.05, 3.63) is 59.8 Å². The Balaban J connectivity index is 1.77. The number of anilines is 1. The van der Waals surface area contributed by atoms with Gasteiger partial charge in [-0.1, -0.05) is 18.2 Å². The van der Waals surface area contributed by atoms with E-state index >= 15 is 0 Å². The molecule has 0 atom stereocenters. The summed E-state index contributed by atoms with van der Waals surface area (Å²) in [7, 11) is 0. The molecule has 0 radical (unpaired) electrons. The topological polar surface area (TPSA) is 83.7 Å². The van der Waals surface area contributed by atoms with E-state index in [1.54, 1.807) is 4.90 Å². The highest BCUT2D eigenvalue weighted by Gasteiger charge is 2.22. The normalized spacial score (nSPS) is 11.3. The lowest BCUT2D eigenvalue weighted by atomic mass is 10.1. The quantitative estimate of drug-likeness (QED) is 0.506. The number of nitrogens with one attached hydrogen (secondary N) is 2. The summed E-state index contributed by atoms with van der Waals surface area (Å²) in [6.07, 6.45) is -0.387. The molecule has 32 heavy (non-hydrogen) atoms. The lowest BCUT2D eigenvalue weighted by Gasteiger charge is -2.27. The van der Waals surface area contributed by atoms with E-state index in [1.165, 1.54) is 0 Å². The smallest absolute Gasteiger partial charge is 0.410 e. The number of rotatable bonds is 7. The highest BCUT2D eigenvalue weighted by molar-refractivity contribution is 6.06. The number of ether oxygens (including phenoxy) is 2. The van der Waals surface area contributed by atoms with Gasteiger partial charge < -0.3 is 24.7 Å². The summed E-state index contributed by atoms with van der Waals surface area (Å²) >= 11 is 0. The van der Waals surface area contributed by atoms with Crippen LogP contribution in [0.5, 0.6) is 5.75 Å². The van der Waals surface area contributed by atoms with Gasteiger partial charge in [0.15, 0.2) is 0 Å². The minimum Gasteiger partial charge on any atom is -0.494 e. The molecule has 0 saturated heterocycles. The number of hydrogen-bond acceptors (Lipinski definition) is 4. The van der Waals surface area contributed by atoms with Gasteiger partial charge >= 0.3 is 6.09 Å². The summed E-state index contributed by atoms with van der Waals surface area (Å²) in [5, 5.41) is 3.89. The molecule has 170 valence electrons. The molecule has 0 spiro atoms. The highest BCUT2D eigenvalue weighted by atomic mass is 16.6. The average molecular weight is 438 g/mol. The first kappa shape index (κ1) is 23.2. The Kier molecular flexibility index (Phi) is 7.08. The summed E-state index contributed by atoms with van der Waals surface area (Å²) in [6, 6.07) is 14.9. The van der Waals surface area contributed by atoms with Crippen LogP contribution in [-0.2, 0) is 11.3 Å². The Morgan fingerprint density at radius 3 is 2.50 bits per heavy atom. The summed E-state index contributed by atoms with van der Waals surface area (Å²) in [4.78, 5) is 30.2. The molecule has 0 aliphatic carbocycles. The highest BCUT2D eigenvalue weighted by Crippen LogP contribution is 2.24. The van der Waals surface area contributed by atoms with Crippen molar-refractivity contribution in [3.8, 4) is 5.75 Å². The van der Waals surface area contributed by atoms with Crippen LogP contribution in [0, 0.1) is 0 Å². The molecular weight excluding hydrogens is 406 g/mol. The Morgan fingerprint density at radius 1 is 1.06 bits per heavy atom. The van der Waals surface area contributed by atoms with E-state index in [4.69, 9.17) is 9.47 Å². The number of aromatic amines is 1. The Morgan fingerprint density at radius 2 is 1.81 bits per heavy atom. The van der Waals surface area contributed by atoms with Crippen LogP contribution >= 0.6 is 0 Å². The molecule has 7 nitrogen and oxygen atoms in total. The fourth-order valence-electron chi connectivity index (χ4n) is 3.29. The standard InChI is InChI=1S/C25H31N3O4/c1-6-28(24(30)32-25(3,4)5)16-18-10-8-9-11-20(18)27-23(29)22-14-17-12-13-19(31-7-2)15-21(17)26-22/h8-15,26H,6-7,16H2,1-5H3,(H,27,29). The number of para-hydroxylation sites is 1. The minimum absolute atomic E-state index is 0.257. The largest absolute Gasteiger partial charge is 0.494 e. The van der Waals surface area contributed by atoms with Gasteiger partial charge in [-0.15, -0.1) is 0 Å². The van der Waals surface area contributed by atoms with Crippen LogP contribution in [0.1, 0.15) is 50.7 Å². The van der Waals surface area contributed by atoms with Gasteiger partial charge in [0, 0.05) is 29.2 Å². The number of benzene rings is 2. The third-order valence-electron chi connectivity index (χ3n) is 4.81. The predicted octanol–water partition coefficient (Wildman–Crippen LogP) is 5.58. The van der Waals surface area contributed by atoms with Crippen LogP contribution in [-0.4, -0.2) is 40.6 Å². The number of amides is 2. The summed E-state index contributed by atoms with van der Waals surface area (Å²) < 4.78 is 11.0. The maximum Gasteiger partial charge on any atom is 0.410 e. The Bertz CT molecular complexity index is 1100. The molecule has 2 N–H and O–H groups in total. The van der Waals surface area contributed by atoms with Gasteiger partial charge in [-0.05, 0) is 64.4 Å². The number of carbonyl (C=O) groups excluding carboxylic acids is 2. The van der Waals surface area contributed by atoms with Crippen molar-refractivity contribution in [3.63, 3.8) is 0 Å². The maximum absolute atomic E-state index is 12.9. The number of nitrogens with zero attached hydrogens (tertiary/aromatic N) is 1. The molecule has 0 fully saturated rings. The van der Waals surface area contributed by atoms with Gasteiger partial charge in [0.05, 0.1) is 13.2 Å². The fraction of sp³-hybridized carbons (Fsp3) is 0.360. The zero-order valence-corrected chi connectivity index (χ0v) is 19.3. The van der Waals surface area contributed by atoms with Crippen molar-refractivity contribution in [2.45, 2.75) is 46.8 Å². The fourth-order valence-corrected chi connectivity index (χ4v) is 3.29. The molecule has 0 bridgehead atoms. The average Bonchev–Trinajstić information content (AvgIpc) is 3.15.